The third-order valence-corrected chi connectivity index (χ3v) is 7.98. The van der Waals surface area contributed by atoms with E-state index in [1.165, 1.54) is 26.4 Å². The van der Waals surface area contributed by atoms with Crippen LogP contribution >= 0.6 is 0 Å². The predicted octanol–water partition coefficient (Wildman–Crippen LogP) is 5.77. The van der Waals surface area contributed by atoms with E-state index in [-0.39, 0.29) is 28.9 Å². The molecule has 5 rings (SSSR count). The Labute approximate surface area is 255 Å². The van der Waals surface area contributed by atoms with E-state index in [2.05, 4.69) is 25.3 Å². The second-order valence-electron chi connectivity index (χ2n) is 9.67. The van der Waals surface area contributed by atoms with Crippen molar-refractivity contribution in [1.29, 1.82) is 0 Å². The van der Waals surface area contributed by atoms with E-state index in [9.17, 15) is 13.2 Å². The summed E-state index contributed by atoms with van der Waals surface area (Å²) in [6.07, 6.45) is 0.739. The Balaban J connectivity index is 1.36. The molecule has 12 heteroatoms. The summed E-state index contributed by atoms with van der Waals surface area (Å²) in [7, 11) is 0.513. The average molecular weight is 614 g/mol. The molecule has 0 atom stereocenters. The van der Waals surface area contributed by atoms with Gasteiger partial charge in [0.1, 0.15) is 17.2 Å². The van der Waals surface area contributed by atoms with E-state index in [0.717, 1.165) is 11.3 Å². The molecule has 5 aromatic rings. The van der Waals surface area contributed by atoms with Gasteiger partial charge < -0.3 is 24.8 Å². The lowest BCUT2D eigenvalue weighted by Gasteiger charge is -2.15. The Hall–Kier alpha value is -5.36. The number of methoxy groups -OCH3 is 3. The molecule has 0 fully saturated rings. The summed E-state index contributed by atoms with van der Waals surface area (Å²) in [6, 6.07) is 25.7. The molecule has 1 amide bonds. The highest BCUT2D eigenvalue weighted by atomic mass is 32.2. The van der Waals surface area contributed by atoms with Gasteiger partial charge in [0, 0.05) is 36.0 Å². The van der Waals surface area contributed by atoms with Gasteiger partial charge in [-0.05, 0) is 54.4 Å². The van der Waals surface area contributed by atoms with Crippen molar-refractivity contribution in [2.75, 3.05) is 36.7 Å². The zero-order valence-corrected chi connectivity index (χ0v) is 25.1. The van der Waals surface area contributed by atoms with Gasteiger partial charge in [-0.3, -0.25) is 9.52 Å². The molecule has 0 spiro atoms. The number of hydrogen-bond acceptors (Lipinski definition) is 9. The molecule has 0 bridgehead atoms. The van der Waals surface area contributed by atoms with Crippen molar-refractivity contribution < 1.29 is 27.4 Å². The minimum absolute atomic E-state index is 0.0144. The zero-order valence-electron chi connectivity index (χ0n) is 24.3. The summed E-state index contributed by atoms with van der Waals surface area (Å²) < 4.78 is 45.6. The topological polar surface area (TPSA) is 141 Å². The highest BCUT2D eigenvalue weighted by Gasteiger charge is 2.20. The standard InChI is InChI=1S/C32H31N5O6S/c1-41-24-14-11-21(12-15-24)13-16-30(38)33-22-7-6-8-27(19-22)44(39,40)37-32-31(35-28-9-4-5-10-29(28)36-32)34-23-17-25(42-2)20-26(18-23)43-3/h4-12,14-15,17-20H,13,16H2,1-3H3,(H,33,38)(H,34,35)(H,36,37). The Morgan fingerprint density at radius 3 is 1.98 bits per heavy atom. The smallest absolute Gasteiger partial charge is 0.263 e. The van der Waals surface area contributed by atoms with Crippen LogP contribution in [0.15, 0.2) is 95.9 Å². The van der Waals surface area contributed by atoms with Crippen LogP contribution in [0.2, 0.25) is 0 Å². The van der Waals surface area contributed by atoms with E-state index in [4.69, 9.17) is 14.2 Å². The molecule has 44 heavy (non-hydrogen) atoms. The van der Waals surface area contributed by atoms with Crippen LogP contribution in [-0.4, -0.2) is 45.6 Å². The van der Waals surface area contributed by atoms with Crippen LogP contribution in [0.25, 0.3) is 11.0 Å². The first-order chi connectivity index (χ1) is 21.3. The van der Waals surface area contributed by atoms with E-state index < -0.39 is 10.0 Å². The van der Waals surface area contributed by atoms with Crippen LogP contribution in [0, 0.1) is 0 Å². The number of rotatable bonds is 12. The number of carbonyl (C=O) groups excluding carboxylic acids is 1. The molecule has 226 valence electrons. The fourth-order valence-electron chi connectivity index (χ4n) is 4.38. The quantitative estimate of drug-likeness (QED) is 0.160. The third kappa shape index (κ3) is 7.34. The van der Waals surface area contributed by atoms with E-state index in [1.807, 2.05) is 30.3 Å². The number of nitrogens with zero attached hydrogens (tertiary/aromatic N) is 2. The van der Waals surface area contributed by atoms with Gasteiger partial charge in [0.15, 0.2) is 11.6 Å². The van der Waals surface area contributed by atoms with E-state index in [1.54, 1.807) is 55.6 Å². The largest absolute Gasteiger partial charge is 0.497 e. The number of fused-ring (bicyclic) bond motifs is 1. The summed E-state index contributed by atoms with van der Waals surface area (Å²) in [6.45, 7) is 0. The second kappa shape index (κ2) is 13.3. The van der Waals surface area contributed by atoms with Crippen molar-refractivity contribution in [3.8, 4) is 17.2 Å². The molecule has 1 heterocycles. The fraction of sp³-hybridized carbons (Fsp3) is 0.156. The predicted molar refractivity (Wildman–Crippen MR) is 170 cm³/mol. The molecule has 0 saturated carbocycles. The number of benzene rings is 4. The number of amides is 1. The lowest BCUT2D eigenvalue weighted by atomic mass is 10.1. The van der Waals surface area contributed by atoms with E-state index in [0.29, 0.717) is 40.3 Å². The fourth-order valence-corrected chi connectivity index (χ4v) is 5.43. The second-order valence-corrected chi connectivity index (χ2v) is 11.3. The van der Waals surface area contributed by atoms with Crippen LogP contribution in [0.1, 0.15) is 12.0 Å². The van der Waals surface area contributed by atoms with Gasteiger partial charge in [-0.15, -0.1) is 0 Å². The summed E-state index contributed by atoms with van der Waals surface area (Å²) in [5.41, 5.74) is 2.93. The Bertz CT molecular complexity index is 1880. The summed E-state index contributed by atoms with van der Waals surface area (Å²) >= 11 is 0. The number of anilines is 4. The maximum atomic E-state index is 13.6. The van der Waals surface area contributed by atoms with Crippen LogP contribution < -0.4 is 29.6 Å². The third-order valence-electron chi connectivity index (χ3n) is 6.64. The molecular weight excluding hydrogens is 582 g/mol. The Morgan fingerprint density at radius 2 is 1.34 bits per heavy atom. The SMILES string of the molecule is COc1ccc(CCC(=O)Nc2cccc(S(=O)(=O)Nc3nc4ccccc4nc3Nc3cc(OC)cc(OC)c3)c2)cc1. The van der Waals surface area contributed by atoms with Crippen LogP contribution in [0.5, 0.6) is 17.2 Å². The molecule has 4 aromatic carbocycles. The number of ether oxygens (including phenoxy) is 3. The van der Waals surface area contributed by atoms with Gasteiger partial charge in [-0.2, -0.15) is 0 Å². The number of carbonyl (C=O) groups is 1. The highest BCUT2D eigenvalue weighted by molar-refractivity contribution is 7.92. The van der Waals surface area contributed by atoms with Gasteiger partial charge in [0.25, 0.3) is 10.0 Å². The molecule has 1 aromatic heterocycles. The molecule has 0 aliphatic rings. The number of sulfonamides is 1. The van der Waals surface area contributed by atoms with Crippen LogP contribution in [-0.2, 0) is 21.2 Å². The van der Waals surface area contributed by atoms with Crippen molar-refractivity contribution in [1.82, 2.24) is 9.97 Å². The summed E-state index contributed by atoms with van der Waals surface area (Å²) in [5, 5.41) is 5.92. The van der Waals surface area contributed by atoms with Crippen molar-refractivity contribution in [3.05, 3.63) is 96.6 Å². The number of aromatic nitrogens is 2. The minimum atomic E-state index is -4.15. The first-order valence-corrected chi connectivity index (χ1v) is 15.1. The van der Waals surface area contributed by atoms with Crippen molar-refractivity contribution in [2.45, 2.75) is 17.7 Å². The normalized spacial score (nSPS) is 11.1. The first-order valence-electron chi connectivity index (χ1n) is 13.6. The van der Waals surface area contributed by atoms with Gasteiger partial charge in [0.2, 0.25) is 5.91 Å². The summed E-state index contributed by atoms with van der Waals surface area (Å²) in [5.74, 6) is 1.72. The number of para-hydroxylation sites is 2. The van der Waals surface area contributed by atoms with Gasteiger partial charge >= 0.3 is 0 Å². The van der Waals surface area contributed by atoms with Gasteiger partial charge in [-0.1, -0.05) is 30.3 Å². The lowest BCUT2D eigenvalue weighted by molar-refractivity contribution is -0.116. The maximum Gasteiger partial charge on any atom is 0.263 e. The van der Waals surface area contributed by atoms with Crippen molar-refractivity contribution >= 4 is 50.0 Å². The molecule has 0 aliphatic carbocycles. The minimum Gasteiger partial charge on any atom is -0.497 e. The van der Waals surface area contributed by atoms with Crippen LogP contribution in [0.3, 0.4) is 0 Å². The van der Waals surface area contributed by atoms with Gasteiger partial charge in [-0.25, -0.2) is 18.4 Å². The van der Waals surface area contributed by atoms with Crippen molar-refractivity contribution in [2.24, 2.45) is 0 Å². The molecule has 11 nitrogen and oxygen atoms in total. The number of hydrogen-bond donors (Lipinski definition) is 3. The number of aryl methyl sites for hydroxylation is 1. The summed E-state index contributed by atoms with van der Waals surface area (Å²) in [4.78, 5) is 21.8. The number of nitrogens with one attached hydrogen (secondary N) is 3. The Kier molecular flexibility index (Phi) is 9.10. The molecule has 0 aliphatic heterocycles. The first kappa shape index (κ1) is 30.1. The monoisotopic (exact) mass is 613 g/mol. The van der Waals surface area contributed by atoms with Gasteiger partial charge in [0.05, 0.1) is 37.3 Å². The molecule has 0 saturated heterocycles. The van der Waals surface area contributed by atoms with Crippen LogP contribution in [0.4, 0.5) is 23.0 Å². The highest BCUT2D eigenvalue weighted by Crippen LogP contribution is 2.31. The molecule has 3 N–H and O–H groups in total. The Morgan fingerprint density at radius 1 is 0.705 bits per heavy atom. The van der Waals surface area contributed by atoms with E-state index >= 15 is 0 Å². The molecular formula is C32H31N5O6S. The maximum absolute atomic E-state index is 13.6. The average Bonchev–Trinajstić information content (AvgIpc) is 3.04. The zero-order chi connectivity index (χ0) is 31.1. The van der Waals surface area contributed by atoms with Crippen molar-refractivity contribution in [3.63, 3.8) is 0 Å². The molecule has 0 unspecified atom stereocenters. The molecule has 0 radical (unpaired) electrons. The lowest BCUT2D eigenvalue weighted by Crippen LogP contribution is -2.17.